The number of nitrogens with zero attached hydrogens (tertiary/aromatic N) is 2. The number of fused-ring (bicyclic) bond motifs is 3. The van der Waals surface area contributed by atoms with Crippen LogP contribution in [0.4, 0.5) is 5.69 Å². The molecule has 0 aliphatic carbocycles. The fourth-order valence-corrected chi connectivity index (χ4v) is 6.51. The van der Waals surface area contributed by atoms with Crippen LogP contribution in [0.5, 0.6) is 5.75 Å². The predicted molar refractivity (Wildman–Crippen MR) is 177 cm³/mol. The van der Waals surface area contributed by atoms with Gasteiger partial charge in [0.1, 0.15) is 11.8 Å². The Bertz CT molecular complexity index is 1560. The van der Waals surface area contributed by atoms with Gasteiger partial charge in [-0.2, -0.15) is 0 Å². The molecule has 0 aromatic heterocycles. The summed E-state index contributed by atoms with van der Waals surface area (Å²) in [6.07, 6.45) is 0.544. The van der Waals surface area contributed by atoms with Gasteiger partial charge in [-0.15, -0.1) is 0 Å². The third-order valence-corrected chi connectivity index (χ3v) is 8.68. The van der Waals surface area contributed by atoms with Crippen LogP contribution in [-0.4, -0.2) is 71.6 Å². The molecule has 47 heavy (non-hydrogen) atoms. The molecule has 1 saturated heterocycles. The number of carbonyl (C=O) groups is 4. The third kappa shape index (κ3) is 7.49. The lowest BCUT2D eigenvalue weighted by atomic mass is 9.87. The third-order valence-electron chi connectivity index (χ3n) is 8.68. The van der Waals surface area contributed by atoms with Gasteiger partial charge in [0.25, 0.3) is 5.91 Å². The van der Waals surface area contributed by atoms with Crippen LogP contribution in [0.3, 0.4) is 0 Å². The number of carbonyl (C=O) groups excluding carboxylic acids is 4. The zero-order valence-electron chi connectivity index (χ0n) is 27.1. The number of aliphatic hydroxyl groups excluding tert-OH is 1. The van der Waals surface area contributed by atoms with E-state index in [1.54, 1.807) is 48.8 Å². The summed E-state index contributed by atoms with van der Waals surface area (Å²) in [6, 6.07) is 20.9. The molecule has 0 radical (unpaired) electrons. The van der Waals surface area contributed by atoms with Crippen LogP contribution < -0.4 is 15.0 Å². The van der Waals surface area contributed by atoms with Gasteiger partial charge in [-0.05, 0) is 36.2 Å². The van der Waals surface area contributed by atoms with Crippen molar-refractivity contribution >= 4 is 29.4 Å². The van der Waals surface area contributed by atoms with Crippen molar-refractivity contribution in [3.63, 3.8) is 0 Å². The summed E-state index contributed by atoms with van der Waals surface area (Å²) in [5, 5.41) is 12.4. The van der Waals surface area contributed by atoms with Crippen LogP contribution in [0.25, 0.3) is 0 Å². The summed E-state index contributed by atoms with van der Waals surface area (Å²) in [7, 11) is 0. The fourth-order valence-electron chi connectivity index (χ4n) is 6.51. The molecule has 2 aliphatic rings. The second-order valence-electron chi connectivity index (χ2n) is 12.2. The van der Waals surface area contributed by atoms with Crippen LogP contribution in [0.1, 0.15) is 56.3 Å². The lowest BCUT2D eigenvalue weighted by Crippen LogP contribution is -2.70. The van der Waals surface area contributed by atoms with E-state index < -0.39 is 30.1 Å². The van der Waals surface area contributed by atoms with Crippen molar-refractivity contribution in [1.82, 2.24) is 10.2 Å². The van der Waals surface area contributed by atoms with Crippen molar-refractivity contribution < 1.29 is 33.8 Å². The number of nitrogens with one attached hydrogen (secondary N) is 1. The molecule has 1 fully saturated rings. The van der Waals surface area contributed by atoms with Crippen molar-refractivity contribution in [3.8, 4) is 5.75 Å². The minimum absolute atomic E-state index is 0.0203. The Labute approximate surface area is 275 Å². The van der Waals surface area contributed by atoms with Crippen molar-refractivity contribution in [1.29, 1.82) is 0 Å². The van der Waals surface area contributed by atoms with E-state index in [0.717, 1.165) is 11.1 Å². The summed E-state index contributed by atoms with van der Waals surface area (Å²) < 4.78 is 11.3. The van der Waals surface area contributed by atoms with Crippen LogP contribution in [0.2, 0.25) is 0 Å². The number of anilines is 1. The van der Waals surface area contributed by atoms with Gasteiger partial charge in [-0.1, -0.05) is 74.5 Å². The van der Waals surface area contributed by atoms with E-state index in [2.05, 4.69) is 5.32 Å². The second kappa shape index (κ2) is 15.3. The number of ether oxygens (including phenoxy) is 2. The van der Waals surface area contributed by atoms with E-state index >= 15 is 0 Å². The summed E-state index contributed by atoms with van der Waals surface area (Å²) in [6.45, 7) is 5.72. The molecule has 5 rings (SSSR count). The highest BCUT2D eigenvalue weighted by Crippen LogP contribution is 2.47. The molecule has 0 bridgehead atoms. The van der Waals surface area contributed by atoms with Crippen LogP contribution in [0.15, 0.2) is 78.9 Å². The van der Waals surface area contributed by atoms with E-state index in [0.29, 0.717) is 23.4 Å². The number of rotatable bonds is 13. The van der Waals surface area contributed by atoms with Gasteiger partial charge in [-0.3, -0.25) is 19.2 Å². The molecule has 2 heterocycles. The first-order valence-electron chi connectivity index (χ1n) is 16.3. The first-order valence-corrected chi connectivity index (χ1v) is 16.3. The van der Waals surface area contributed by atoms with Crippen molar-refractivity contribution in [3.05, 3.63) is 95.6 Å². The van der Waals surface area contributed by atoms with Crippen molar-refractivity contribution in [2.75, 3.05) is 24.7 Å². The Morgan fingerprint density at radius 1 is 0.957 bits per heavy atom. The fraction of sp³-hybridized carbons (Fsp3) is 0.405. The molecule has 3 aromatic rings. The monoisotopic (exact) mass is 641 g/mol. The maximum atomic E-state index is 14.8. The Morgan fingerprint density at radius 3 is 2.28 bits per heavy atom. The van der Waals surface area contributed by atoms with Gasteiger partial charge in [0.2, 0.25) is 11.8 Å². The number of aliphatic hydroxyl groups is 1. The van der Waals surface area contributed by atoms with Crippen LogP contribution in [-0.2, 0) is 36.8 Å². The number of piperazine rings is 1. The number of benzene rings is 3. The lowest BCUT2D eigenvalue weighted by molar-refractivity contribution is -0.152. The molecular formula is C37H43N3O7. The van der Waals surface area contributed by atoms with Crippen molar-refractivity contribution in [2.45, 2.75) is 70.6 Å². The maximum absolute atomic E-state index is 14.8. The second-order valence-corrected chi connectivity index (χ2v) is 12.2. The van der Waals surface area contributed by atoms with Gasteiger partial charge in [-0.25, -0.2) is 0 Å². The standard InChI is InChI=1S/C37H43N3O7/c1-4-46-33(43)23-30-35-34(38-36(44)24(2)3)28-22-27(47-19-11-18-41)16-17-29(28)40(35)37(45)31(20-25-12-7-5-8-13-25)39(30)32(42)21-26-14-9-6-10-15-26/h5-10,12-17,22,24,30-31,34-35,41H,4,11,18-21,23H2,1-3H3,(H,38,44)/t30?,31-,34-,35+/m0/s1. The predicted octanol–water partition coefficient (Wildman–Crippen LogP) is 3.99. The molecule has 10 nitrogen and oxygen atoms in total. The molecule has 0 spiro atoms. The highest BCUT2D eigenvalue weighted by atomic mass is 16.5. The van der Waals surface area contributed by atoms with Crippen LogP contribution >= 0.6 is 0 Å². The zero-order chi connectivity index (χ0) is 33.5. The smallest absolute Gasteiger partial charge is 0.307 e. The van der Waals surface area contributed by atoms with Gasteiger partial charge < -0.3 is 29.7 Å². The molecule has 2 N–H and O–H groups in total. The van der Waals surface area contributed by atoms with E-state index in [9.17, 15) is 24.3 Å². The summed E-state index contributed by atoms with van der Waals surface area (Å²) >= 11 is 0. The quantitative estimate of drug-likeness (QED) is 0.214. The average Bonchev–Trinajstić information content (AvgIpc) is 3.37. The van der Waals surface area contributed by atoms with Gasteiger partial charge in [0, 0.05) is 36.6 Å². The van der Waals surface area contributed by atoms with Crippen molar-refractivity contribution in [2.24, 2.45) is 5.92 Å². The maximum Gasteiger partial charge on any atom is 0.307 e. The Kier molecular flexibility index (Phi) is 10.9. The molecular weight excluding hydrogens is 598 g/mol. The highest BCUT2D eigenvalue weighted by Gasteiger charge is 2.57. The normalized spacial score (nSPS) is 20.1. The summed E-state index contributed by atoms with van der Waals surface area (Å²) in [5.74, 6) is -1.16. The molecule has 0 saturated carbocycles. The summed E-state index contributed by atoms with van der Waals surface area (Å²) in [4.78, 5) is 59.1. The Morgan fingerprint density at radius 2 is 1.64 bits per heavy atom. The highest BCUT2D eigenvalue weighted by molar-refractivity contribution is 6.04. The number of hydrogen-bond donors (Lipinski definition) is 2. The van der Waals surface area contributed by atoms with Gasteiger partial charge >= 0.3 is 5.97 Å². The molecule has 248 valence electrons. The topological polar surface area (TPSA) is 125 Å². The molecule has 2 aliphatic heterocycles. The largest absolute Gasteiger partial charge is 0.493 e. The number of hydrogen-bond acceptors (Lipinski definition) is 7. The molecule has 4 atom stereocenters. The average molecular weight is 642 g/mol. The zero-order valence-corrected chi connectivity index (χ0v) is 27.1. The SMILES string of the molecule is CCOC(=O)CC1[C@@H]2[C@@H](NC(=O)C(C)C)c3cc(OCCCO)ccc3N2C(=O)[C@H](Cc2ccccc2)N1C(=O)Cc1ccccc1. The molecule has 10 heteroatoms. The molecule has 3 aromatic carbocycles. The lowest BCUT2D eigenvalue weighted by Gasteiger charge is -2.50. The van der Waals surface area contributed by atoms with Crippen LogP contribution in [0, 0.1) is 5.92 Å². The van der Waals surface area contributed by atoms with E-state index in [1.807, 2.05) is 60.7 Å². The number of amides is 3. The Hall–Kier alpha value is -4.70. The van der Waals surface area contributed by atoms with Gasteiger partial charge in [0.05, 0.1) is 44.2 Å². The minimum atomic E-state index is -0.919. The molecule has 1 unspecified atom stereocenters. The molecule has 3 amide bonds. The Balaban J connectivity index is 1.66. The first-order chi connectivity index (χ1) is 22.7. The minimum Gasteiger partial charge on any atom is -0.493 e. The van der Waals surface area contributed by atoms with Gasteiger partial charge in [0.15, 0.2) is 0 Å². The first kappa shape index (κ1) is 33.7. The van der Waals surface area contributed by atoms with E-state index in [1.165, 1.54) is 0 Å². The number of esters is 1. The van der Waals surface area contributed by atoms with E-state index in [-0.39, 0.29) is 62.7 Å². The van der Waals surface area contributed by atoms with E-state index in [4.69, 9.17) is 9.47 Å². The summed E-state index contributed by atoms with van der Waals surface area (Å²) in [5.41, 5.74) is 2.90.